The number of azo groups is 1. The summed E-state index contributed by atoms with van der Waals surface area (Å²) in [7, 11) is 0. The molecule has 0 radical (unpaired) electrons. The highest BCUT2D eigenvalue weighted by molar-refractivity contribution is 7.13. The zero-order valence-electron chi connectivity index (χ0n) is 11.1. The van der Waals surface area contributed by atoms with E-state index in [1.54, 1.807) is 17.6 Å². The van der Waals surface area contributed by atoms with Crippen LogP contribution in [0.3, 0.4) is 0 Å². The Kier molecular flexibility index (Phi) is 3.78. The molecule has 0 saturated heterocycles. The average Bonchev–Trinajstić information content (AvgIpc) is 3.09. The average molecular weight is 282 g/mol. The number of aryl methyl sites for hydroxylation is 1. The van der Waals surface area contributed by atoms with Crippen molar-refractivity contribution in [1.29, 1.82) is 0 Å². The number of hydrogen-bond donors (Lipinski definition) is 0. The SMILES string of the molecule is Cc1ccc(/C=N\N=C2/C[C@@H](c3ccccc3)N=N2)s1. The molecular formula is C15H14N4S. The van der Waals surface area contributed by atoms with E-state index in [0.717, 1.165) is 4.88 Å². The lowest BCUT2D eigenvalue weighted by Crippen LogP contribution is -1.95. The molecule has 1 aromatic carbocycles. The highest BCUT2D eigenvalue weighted by Gasteiger charge is 2.19. The summed E-state index contributed by atoms with van der Waals surface area (Å²) in [6.45, 7) is 2.07. The van der Waals surface area contributed by atoms with Crippen LogP contribution in [0.1, 0.15) is 27.8 Å². The standard InChI is InChI=1S/C15H14N4S/c1-11-7-8-13(20-11)10-16-18-15-9-14(17-19-15)12-5-3-2-4-6-12/h2-8,10,14H,9H2,1H3/b16-10-,18-15+/t14-/m0/s1. The first-order valence-corrected chi connectivity index (χ1v) is 7.25. The van der Waals surface area contributed by atoms with E-state index in [2.05, 4.69) is 45.6 Å². The highest BCUT2D eigenvalue weighted by Crippen LogP contribution is 2.27. The van der Waals surface area contributed by atoms with Crippen molar-refractivity contribution in [3.63, 3.8) is 0 Å². The second-order valence-electron chi connectivity index (χ2n) is 4.56. The van der Waals surface area contributed by atoms with E-state index >= 15 is 0 Å². The molecule has 0 bridgehead atoms. The van der Waals surface area contributed by atoms with Crippen LogP contribution in [0.2, 0.25) is 0 Å². The van der Waals surface area contributed by atoms with Crippen LogP contribution in [0.4, 0.5) is 0 Å². The van der Waals surface area contributed by atoms with Crippen molar-refractivity contribution < 1.29 is 0 Å². The van der Waals surface area contributed by atoms with Gasteiger partial charge in [0.1, 0.15) is 6.04 Å². The van der Waals surface area contributed by atoms with Crippen molar-refractivity contribution in [1.82, 2.24) is 0 Å². The fourth-order valence-electron chi connectivity index (χ4n) is 1.99. The minimum atomic E-state index is 0.0779. The second-order valence-corrected chi connectivity index (χ2v) is 5.87. The topological polar surface area (TPSA) is 49.4 Å². The van der Waals surface area contributed by atoms with Crippen molar-refractivity contribution in [2.75, 3.05) is 0 Å². The number of amidine groups is 1. The first-order chi connectivity index (χ1) is 9.81. The van der Waals surface area contributed by atoms with Gasteiger partial charge in [-0.3, -0.25) is 0 Å². The van der Waals surface area contributed by atoms with E-state index in [1.807, 2.05) is 24.3 Å². The van der Waals surface area contributed by atoms with Crippen molar-refractivity contribution in [2.24, 2.45) is 20.4 Å². The van der Waals surface area contributed by atoms with Crippen molar-refractivity contribution in [2.45, 2.75) is 19.4 Å². The Labute approximate surface area is 121 Å². The molecule has 2 aromatic rings. The van der Waals surface area contributed by atoms with Crippen LogP contribution in [-0.2, 0) is 0 Å². The molecule has 1 aliphatic rings. The Morgan fingerprint density at radius 2 is 2.05 bits per heavy atom. The van der Waals surface area contributed by atoms with Gasteiger partial charge < -0.3 is 0 Å². The van der Waals surface area contributed by atoms with Crippen LogP contribution in [0, 0.1) is 6.92 Å². The summed E-state index contributed by atoms with van der Waals surface area (Å²) in [4.78, 5) is 2.37. The summed E-state index contributed by atoms with van der Waals surface area (Å²) in [6.07, 6.45) is 2.47. The van der Waals surface area contributed by atoms with Gasteiger partial charge >= 0.3 is 0 Å². The van der Waals surface area contributed by atoms with E-state index in [-0.39, 0.29) is 6.04 Å². The molecule has 1 aliphatic heterocycles. The van der Waals surface area contributed by atoms with Gasteiger partial charge in [-0.1, -0.05) is 30.3 Å². The zero-order valence-corrected chi connectivity index (χ0v) is 11.9. The largest absolute Gasteiger partial charge is 0.179 e. The summed E-state index contributed by atoms with van der Waals surface area (Å²) >= 11 is 1.70. The number of thiophene rings is 1. The molecule has 0 aliphatic carbocycles. The van der Waals surface area contributed by atoms with Gasteiger partial charge in [-0.25, -0.2) is 0 Å². The lowest BCUT2D eigenvalue weighted by Gasteiger charge is -2.02. The summed E-state index contributed by atoms with van der Waals surface area (Å²) < 4.78 is 0. The third-order valence-electron chi connectivity index (χ3n) is 2.99. The molecule has 4 nitrogen and oxygen atoms in total. The third-order valence-corrected chi connectivity index (χ3v) is 3.93. The predicted molar refractivity (Wildman–Crippen MR) is 82.7 cm³/mol. The van der Waals surface area contributed by atoms with Crippen LogP contribution in [0.25, 0.3) is 0 Å². The van der Waals surface area contributed by atoms with E-state index in [4.69, 9.17) is 0 Å². The molecule has 0 amide bonds. The molecule has 0 saturated carbocycles. The molecule has 0 spiro atoms. The quantitative estimate of drug-likeness (QED) is 0.592. The van der Waals surface area contributed by atoms with Gasteiger partial charge in [0, 0.05) is 16.2 Å². The van der Waals surface area contributed by atoms with Crippen LogP contribution in [0.15, 0.2) is 62.9 Å². The third kappa shape index (κ3) is 3.05. The Hall–Kier alpha value is -2.14. The first kappa shape index (κ1) is 12.9. The van der Waals surface area contributed by atoms with Crippen LogP contribution < -0.4 is 0 Å². The molecule has 0 fully saturated rings. The predicted octanol–water partition coefficient (Wildman–Crippen LogP) is 4.39. The summed E-state index contributed by atoms with van der Waals surface area (Å²) in [5.41, 5.74) is 1.17. The van der Waals surface area contributed by atoms with Crippen molar-refractivity contribution >= 4 is 23.4 Å². The molecule has 0 N–H and O–H groups in total. The lowest BCUT2D eigenvalue weighted by atomic mass is 10.1. The Bertz CT molecular complexity index is 670. The molecule has 0 unspecified atom stereocenters. The Balaban J connectivity index is 1.64. The number of nitrogens with zero attached hydrogens (tertiary/aromatic N) is 4. The minimum Gasteiger partial charge on any atom is -0.179 e. The fourth-order valence-corrected chi connectivity index (χ4v) is 2.73. The number of benzene rings is 1. The molecule has 1 aromatic heterocycles. The van der Waals surface area contributed by atoms with Crippen LogP contribution in [-0.4, -0.2) is 12.1 Å². The fraction of sp³-hybridized carbons (Fsp3) is 0.200. The van der Waals surface area contributed by atoms with Crippen LogP contribution >= 0.6 is 11.3 Å². The maximum atomic E-state index is 4.24. The molecular weight excluding hydrogens is 268 g/mol. The summed E-state index contributed by atoms with van der Waals surface area (Å²) in [6, 6.07) is 14.3. The summed E-state index contributed by atoms with van der Waals surface area (Å²) in [5.74, 6) is 0.684. The van der Waals surface area contributed by atoms with Crippen molar-refractivity contribution in [3.05, 3.63) is 57.8 Å². The zero-order chi connectivity index (χ0) is 13.8. The molecule has 5 heteroatoms. The monoisotopic (exact) mass is 282 g/mol. The van der Waals surface area contributed by atoms with Gasteiger partial charge in [0.05, 0.1) is 6.21 Å². The molecule has 100 valence electrons. The van der Waals surface area contributed by atoms with Gasteiger partial charge in [-0.15, -0.1) is 21.6 Å². The van der Waals surface area contributed by atoms with Gasteiger partial charge in [0.2, 0.25) is 0 Å². The van der Waals surface area contributed by atoms with Gasteiger partial charge in [-0.05, 0) is 24.6 Å². The van der Waals surface area contributed by atoms with E-state index < -0.39 is 0 Å². The second kappa shape index (κ2) is 5.88. The molecule has 20 heavy (non-hydrogen) atoms. The van der Waals surface area contributed by atoms with E-state index in [1.165, 1.54) is 10.4 Å². The van der Waals surface area contributed by atoms with E-state index in [0.29, 0.717) is 12.3 Å². The normalized spacial score (nSPS) is 20.2. The lowest BCUT2D eigenvalue weighted by molar-refractivity contribution is 0.773. The van der Waals surface area contributed by atoms with Gasteiger partial charge in [0.25, 0.3) is 0 Å². The van der Waals surface area contributed by atoms with E-state index in [9.17, 15) is 0 Å². The number of hydrogen-bond acceptors (Lipinski definition) is 4. The van der Waals surface area contributed by atoms with Gasteiger partial charge in [-0.2, -0.15) is 10.2 Å². The molecule has 2 heterocycles. The number of rotatable bonds is 3. The van der Waals surface area contributed by atoms with Crippen LogP contribution in [0.5, 0.6) is 0 Å². The Morgan fingerprint density at radius 3 is 2.80 bits per heavy atom. The molecule has 3 rings (SSSR count). The summed E-state index contributed by atoms with van der Waals surface area (Å²) in [5, 5.41) is 16.6. The maximum Gasteiger partial charge on any atom is 0.175 e. The van der Waals surface area contributed by atoms with Crippen molar-refractivity contribution in [3.8, 4) is 0 Å². The smallest absolute Gasteiger partial charge is 0.175 e. The Morgan fingerprint density at radius 1 is 1.20 bits per heavy atom. The first-order valence-electron chi connectivity index (χ1n) is 6.43. The maximum absolute atomic E-state index is 4.24. The van der Waals surface area contributed by atoms with Gasteiger partial charge in [0.15, 0.2) is 5.84 Å². The molecule has 1 atom stereocenters. The highest BCUT2D eigenvalue weighted by atomic mass is 32.1. The minimum absolute atomic E-state index is 0.0779.